The van der Waals surface area contributed by atoms with Gasteiger partial charge in [-0.1, -0.05) is 16.8 Å². The first-order valence-electron chi connectivity index (χ1n) is 7.31. The van der Waals surface area contributed by atoms with Crippen LogP contribution in [0.15, 0.2) is 28.8 Å². The van der Waals surface area contributed by atoms with E-state index in [0.717, 1.165) is 30.6 Å². The molecule has 22 heavy (non-hydrogen) atoms. The lowest BCUT2D eigenvalue weighted by molar-refractivity contribution is 0.356. The Morgan fingerprint density at radius 3 is 3.05 bits per heavy atom. The first-order valence-corrected chi connectivity index (χ1v) is 7.72. The van der Waals surface area contributed by atoms with Crippen molar-refractivity contribution in [2.45, 2.75) is 25.8 Å². The van der Waals surface area contributed by atoms with Crippen LogP contribution in [0.4, 0.5) is 4.39 Å². The maximum atomic E-state index is 14.0. The van der Waals surface area contributed by atoms with Crippen molar-refractivity contribution in [3.05, 3.63) is 41.3 Å². The second-order valence-corrected chi connectivity index (χ2v) is 5.89. The third kappa shape index (κ3) is 2.70. The number of nitrogens with one attached hydrogen (secondary N) is 1. The molecule has 1 aliphatic heterocycles. The van der Waals surface area contributed by atoms with Gasteiger partial charge in [-0.3, -0.25) is 0 Å². The zero-order valence-corrected chi connectivity index (χ0v) is 13.4. The maximum absolute atomic E-state index is 14.0. The summed E-state index contributed by atoms with van der Waals surface area (Å²) >= 11 is 5.33. The molecule has 2 heterocycles. The molecule has 116 valence electrons. The summed E-state index contributed by atoms with van der Waals surface area (Å²) in [6, 6.07) is 6.86. The topological polar surface area (TPSA) is 41.3 Å². The molecule has 0 aliphatic carbocycles. The predicted molar refractivity (Wildman–Crippen MR) is 87.0 cm³/mol. The molecule has 0 spiro atoms. The van der Waals surface area contributed by atoms with E-state index >= 15 is 0 Å². The Balaban J connectivity index is 1.90. The van der Waals surface area contributed by atoms with Crippen LogP contribution >= 0.6 is 12.2 Å². The van der Waals surface area contributed by atoms with E-state index in [1.165, 1.54) is 6.07 Å². The van der Waals surface area contributed by atoms with Gasteiger partial charge < -0.3 is 14.7 Å². The van der Waals surface area contributed by atoms with Gasteiger partial charge >= 0.3 is 0 Å². The van der Waals surface area contributed by atoms with Crippen LogP contribution in [0.1, 0.15) is 30.1 Å². The van der Waals surface area contributed by atoms with Gasteiger partial charge in [0.05, 0.1) is 11.6 Å². The summed E-state index contributed by atoms with van der Waals surface area (Å²) in [7, 11) is 1.81. The molecule has 4 nitrogen and oxygen atoms in total. The van der Waals surface area contributed by atoms with Crippen molar-refractivity contribution in [2.24, 2.45) is 0 Å². The lowest BCUT2D eigenvalue weighted by Crippen LogP contribution is -2.37. The third-order valence-corrected chi connectivity index (χ3v) is 4.42. The van der Waals surface area contributed by atoms with Gasteiger partial charge in [-0.25, -0.2) is 4.39 Å². The molecule has 1 atom stereocenters. The van der Waals surface area contributed by atoms with E-state index in [9.17, 15) is 4.39 Å². The highest BCUT2D eigenvalue weighted by Crippen LogP contribution is 2.34. The van der Waals surface area contributed by atoms with Crippen LogP contribution in [0.5, 0.6) is 0 Å². The zero-order chi connectivity index (χ0) is 15.7. The van der Waals surface area contributed by atoms with Gasteiger partial charge in [0, 0.05) is 19.7 Å². The van der Waals surface area contributed by atoms with Crippen LogP contribution in [-0.4, -0.2) is 28.8 Å². The minimum absolute atomic E-state index is 0.0883. The van der Waals surface area contributed by atoms with E-state index in [1.54, 1.807) is 12.1 Å². The molecule has 0 unspecified atom stereocenters. The molecule has 3 rings (SSSR count). The number of likely N-dealkylation sites (tertiary alicyclic amines) is 1. The molecule has 6 heteroatoms. The summed E-state index contributed by atoms with van der Waals surface area (Å²) in [5.41, 5.74) is 2.22. The lowest BCUT2D eigenvalue weighted by Gasteiger charge is -2.24. The Hall–Kier alpha value is -1.95. The molecule has 1 aliphatic rings. The van der Waals surface area contributed by atoms with Crippen LogP contribution < -0.4 is 5.32 Å². The van der Waals surface area contributed by atoms with Crippen LogP contribution in [-0.2, 0) is 0 Å². The number of hydrogen-bond donors (Lipinski definition) is 1. The molecule has 1 fully saturated rings. The van der Waals surface area contributed by atoms with Gasteiger partial charge in [-0.2, -0.15) is 0 Å². The second kappa shape index (κ2) is 6.04. The monoisotopic (exact) mass is 319 g/mol. The fourth-order valence-electron chi connectivity index (χ4n) is 2.86. The second-order valence-electron chi connectivity index (χ2n) is 5.51. The van der Waals surface area contributed by atoms with Crippen molar-refractivity contribution in [1.29, 1.82) is 0 Å². The van der Waals surface area contributed by atoms with E-state index in [2.05, 4.69) is 15.4 Å². The van der Waals surface area contributed by atoms with Crippen LogP contribution in [0.25, 0.3) is 11.3 Å². The van der Waals surface area contributed by atoms with Crippen molar-refractivity contribution in [2.75, 3.05) is 13.6 Å². The Morgan fingerprint density at radius 2 is 2.27 bits per heavy atom. The Bertz CT molecular complexity index is 700. The average Bonchev–Trinajstić information content (AvgIpc) is 3.17. The summed E-state index contributed by atoms with van der Waals surface area (Å²) in [6.07, 6.45) is 2.01. The number of thiocarbonyl (C=S) groups is 1. The molecule has 1 aromatic heterocycles. The van der Waals surface area contributed by atoms with Gasteiger partial charge in [-0.05, 0) is 44.1 Å². The molecular formula is C16H18FN3OS. The summed E-state index contributed by atoms with van der Waals surface area (Å²) < 4.78 is 19.4. The van der Waals surface area contributed by atoms with E-state index < -0.39 is 0 Å². The Kier molecular flexibility index (Phi) is 4.11. The standard InChI is InChI=1S/C16H18FN3OS/c1-10-5-6-12(17)11(8-10)15-9-13(19-21-15)14-4-3-7-20(14)16(22)18-2/h5-6,8-9,14H,3-4,7H2,1-2H3,(H,18,22)/t14-/m1/s1. The minimum Gasteiger partial charge on any atom is -0.366 e. The highest BCUT2D eigenvalue weighted by atomic mass is 32.1. The minimum atomic E-state index is -0.303. The van der Waals surface area contributed by atoms with Crippen molar-refractivity contribution in [3.8, 4) is 11.3 Å². The molecule has 1 N–H and O–H groups in total. The number of aryl methyl sites for hydroxylation is 1. The number of rotatable bonds is 2. The highest BCUT2D eigenvalue weighted by Gasteiger charge is 2.30. The van der Waals surface area contributed by atoms with E-state index in [4.69, 9.17) is 16.7 Å². The van der Waals surface area contributed by atoms with Crippen LogP contribution in [0.3, 0.4) is 0 Å². The predicted octanol–water partition coefficient (Wildman–Crippen LogP) is 3.43. The maximum Gasteiger partial charge on any atom is 0.170 e. The molecule has 0 saturated carbocycles. The summed E-state index contributed by atoms with van der Waals surface area (Å²) in [6.45, 7) is 2.82. The molecule has 1 saturated heterocycles. The van der Waals surface area contributed by atoms with Gasteiger partial charge in [0.2, 0.25) is 0 Å². The van der Waals surface area contributed by atoms with E-state index in [-0.39, 0.29) is 11.9 Å². The SMILES string of the molecule is CNC(=S)N1CCC[C@@H]1c1cc(-c2cc(C)ccc2F)on1. The van der Waals surface area contributed by atoms with Crippen molar-refractivity contribution in [1.82, 2.24) is 15.4 Å². The molecule has 0 radical (unpaired) electrons. The number of aromatic nitrogens is 1. The Morgan fingerprint density at radius 1 is 1.45 bits per heavy atom. The quantitative estimate of drug-likeness (QED) is 0.859. The van der Waals surface area contributed by atoms with Gasteiger partial charge in [0.15, 0.2) is 10.9 Å². The normalized spacial score (nSPS) is 17.8. The summed E-state index contributed by atoms with van der Waals surface area (Å²) in [4.78, 5) is 2.10. The van der Waals surface area contributed by atoms with Crippen LogP contribution in [0, 0.1) is 12.7 Å². The van der Waals surface area contributed by atoms with Crippen molar-refractivity contribution < 1.29 is 8.91 Å². The number of benzene rings is 1. The average molecular weight is 319 g/mol. The Labute approximate surface area is 134 Å². The molecule has 1 aromatic carbocycles. The molecule has 2 aromatic rings. The first-order chi connectivity index (χ1) is 10.6. The summed E-state index contributed by atoms with van der Waals surface area (Å²) in [5, 5.41) is 7.84. The van der Waals surface area contributed by atoms with Gasteiger partial charge in [0.25, 0.3) is 0 Å². The van der Waals surface area contributed by atoms with Gasteiger partial charge in [-0.15, -0.1) is 0 Å². The molecule has 0 bridgehead atoms. The lowest BCUT2D eigenvalue weighted by atomic mass is 10.1. The van der Waals surface area contributed by atoms with Gasteiger partial charge in [0.1, 0.15) is 11.5 Å². The fourth-order valence-corrected chi connectivity index (χ4v) is 3.08. The molecule has 0 amide bonds. The van der Waals surface area contributed by atoms with E-state index in [0.29, 0.717) is 16.4 Å². The smallest absolute Gasteiger partial charge is 0.170 e. The zero-order valence-electron chi connectivity index (χ0n) is 12.6. The highest BCUT2D eigenvalue weighted by molar-refractivity contribution is 7.80. The van der Waals surface area contributed by atoms with Crippen LogP contribution in [0.2, 0.25) is 0 Å². The summed E-state index contributed by atoms with van der Waals surface area (Å²) in [5.74, 6) is 0.153. The number of hydrogen-bond acceptors (Lipinski definition) is 3. The number of halogens is 1. The third-order valence-electron chi connectivity index (χ3n) is 3.98. The first kappa shape index (κ1) is 15.0. The fraction of sp³-hybridized carbons (Fsp3) is 0.375. The molecular weight excluding hydrogens is 301 g/mol. The van der Waals surface area contributed by atoms with Crippen molar-refractivity contribution in [3.63, 3.8) is 0 Å². The van der Waals surface area contributed by atoms with Crippen molar-refractivity contribution >= 4 is 17.3 Å². The largest absolute Gasteiger partial charge is 0.366 e. The number of nitrogens with zero attached hydrogens (tertiary/aromatic N) is 2. The van der Waals surface area contributed by atoms with E-state index in [1.807, 2.05) is 20.0 Å².